The lowest BCUT2D eigenvalue weighted by Gasteiger charge is -2.20. The SMILES string of the molecule is CCCCCCCCCCCCCCCCCCCCCC/C=C/C(O)C(CO)NC(=O)CCCCCCCCCCCCCCCC/C=C\C/C=C\CCOC(=O)CCCCCCCCCCCCCCCCC. The third-order valence-electron chi connectivity index (χ3n) is 15.7. The van der Waals surface area contributed by atoms with E-state index in [2.05, 4.69) is 43.5 Å². The van der Waals surface area contributed by atoms with E-state index in [4.69, 9.17) is 4.74 Å². The zero-order valence-electron chi connectivity index (χ0n) is 50.5. The number of hydrogen-bond acceptors (Lipinski definition) is 5. The number of carbonyl (C=O) groups is 2. The third-order valence-corrected chi connectivity index (χ3v) is 15.7. The smallest absolute Gasteiger partial charge is 0.305 e. The predicted octanol–water partition coefficient (Wildman–Crippen LogP) is 21.5. The van der Waals surface area contributed by atoms with Gasteiger partial charge < -0.3 is 20.3 Å². The highest BCUT2D eigenvalue weighted by molar-refractivity contribution is 5.76. The first-order valence-corrected chi connectivity index (χ1v) is 33.8. The van der Waals surface area contributed by atoms with Crippen molar-refractivity contribution in [3.8, 4) is 0 Å². The van der Waals surface area contributed by atoms with Crippen LogP contribution in [0.25, 0.3) is 0 Å². The largest absolute Gasteiger partial charge is 0.465 e. The van der Waals surface area contributed by atoms with Gasteiger partial charge in [0.05, 0.1) is 25.4 Å². The topological polar surface area (TPSA) is 95.9 Å². The predicted molar refractivity (Wildman–Crippen MR) is 329 cm³/mol. The van der Waals surface area contributed by atoms with Crippen molar-refractivity contribution in [1.29, 1.82) is 0 Å². The second-order valence-electron chi connectivity index (χ2n) is 23.2. The van der Waals surface area contributed by atoms with Crippen molar-refractivity contribution in [1.82, 2.24) is 5.32 Å². The Labute approximate surface area is 468 Å². The number of amides is 1. The van der Waals surface area contributed by atoms with Crippen LogP contribution >= 0.6 is 0 Å². The maximum absolute atomic E-state index is 12.5. The Morgan fingerprint density at radius 3 is 1.01 bits per heavy atom. The minimum Gasteiger partial charge on any atom is -0.465 e. The molecule has 0 radical (unpaired) electrons. The first-order valence-electron chi connectivity index (χ1n) is 33.8. The van der Waals surface area contributed by atoms with E-state index in [1.54, 1.807) is 6.08 Å². The van der Waals surface area contributed by atoms with Gasteiger partial charge in [0, 0.05) is 12.8 Å². The summed E-state index contributed by atoms with van der Waals surface area (Å²) < 4.78 is 5.43. The van der Waals surface area contributed by atoms with E-state index < -0.39 is 12.1 Å². The number of ether oxygens (including phenoxy) is 1. The summed E-state index contributed by atoms with van der Waals surface area (Å²) in [5.41, 5.74) is 0. The maximum atomic E-state index is 12.5. The normalized spacial score (nSPS) is 12.7. The van der Waals surface area contributed by atoms with E-state index in [1.807, 2.05) is 6.08 Å². The fraction of sp³-hybridized carbons (Fsp3) is 0.884. The number of allylic oxidation sites excluding steroid dienone is 4. The van der Waals surface area contributed by atoms with Gasteiger partial charge >= 0.3 is 5.97 Å². The molecule has 0 bridgehead atoms. The van der Waals surface area contributed by atoms with Crippen LogP contribution in [0.1, 0.15) is 367 Å². The fourth-order valence-corrected chi connectivity index (χ4v) is 10.5. The van der Waals surface area contributed by atoms with Crippen LogP contribution in [0.2, 0.25) is 0 Å². The maximum Gasteiger partial charge on any atom is 0.305 e. The quantitative estimate of drug-likeness (QED) is 0.0320. The van der Waals surface area contributed by atoms with Crippen molar-refractivity contribution in [3.63, 3.8) is 0 Å². The first-order chi connectivity index (χ1) is 37.0. The molecule has 0 aliphatic rings. The minimum absolute atomic E-state index is 0.0324. The Morgan fingerprint density at radius 1 is 0.373 bits per heavy atom. The summed E-state index contributed by atoms with van der Waals surface area (Å²) in [5.74, 6) is -0.102. The summed E-state index contributed by atoms with van der Waals surface area (Å²) in [6, 6.07) is -0.633. The fourth-order valence-electron chi connectivity index (χ4n) is 10.5. The van der Waals surface area contributed by atoms with E-state index >= 15 is 0 Å². The average molecular weight is 1050 g/mol. The molecule has 0 aliphatic heterocycles. The highest BCUT2D eigenvalue weighted by Crippen LogP contribution is 2.18. The molecule has 0 rings (SSSR count). The second-order valence-corrected chi connectivity index (χ2v) is 23.2. The van der Waals surface area contributed by atoms with E-state index in [1.165, 1.54) is 289 Å². The van der Waals surface area contributed by atoms with Gasteiger partial charge in [0.1, 0.15) is 0 Å². The van der Waals surface area contributed by atoms with Gasteiger partial charge in [0.15, 0.2) is 0 Å². The number of aliphatic hydroxyl groups excluding tert-OH is 2. The summed E-state index contributed by atoms with van der Waals surface area (Å²) >= 11 is 0. The van der Waals surface area contributed by atoms with Crippen LogP contribution in [-0.2, 0) is 14.3 Å². The summed E-state index contributed by atoms with van der Waals surface area (Å²) in [4.78, 5) is 24.6. The van der Waals surface area contributed by atoms with Crippen molar-refractivity contribution < 1.29 is 24.5 Å². The molecule has 2 atom stereocenters. The van der Waals surface area contributed by atoms with Gasteiger partial charge in [-0.05, 0) is 51.4 Å². The Morgan fingerprint density at radius 2 is 0.667 bits per heavy atom. The molecule has 1 amide bonds. The monoisotopic (exact) mass is 1050 g/mol. The molecule has 0 saturated carbocycles. The molecule has 75 heavy (non-hydrogen) atoms. The van der Waals surface area contributed by atoms with Gasteiger partial charge in [-0.1, -0.05) is 339 Å². The molecule has 6 nitrogen and oxygen atoms in total. The van der Waals surface area contributed by atoms with Crippen LogP contribution in [-0.4, -0.2) is 47.4 Å². The molecule has 0 aliphatic carbocycles. The number of unbranched alkanes of at least 4 members (excludes halogenated alkanes) is 48. The number of carbonyl (C=O) groups excluding carboxylic acids is 2. The van der Waals surface area contributed by atoms with Crippen LogP contribution in [0.3, 0.4) is 0 Å². The lowest BCUT2D eigenvalue weighted by molar-refractivity contribution is -0.143. The van der Waals surface area contributed by atoms with Crippen LogP contribution in [0.15, 0.2) is 36.5 Å². The van der Waals surface area contributed by atoms with Crippen molar-refractivity contribution in [2.75, 3.05) is 13.2 Å². The first kappa shape index (κ1) is 73.1. The number of rotatable bonds is 63. The Balaban J connectivity index is 3.47. The van der Waals surface area contributed by atoms with E-state index in [9.17, 15) is 19.8 Å². The van der Waals surface area contributed by atoms with Crippen molar-refractivity contribution in [2.45, 2.75) is 379 Å². The standard InChI is InChI=1S/C69H131NO5/c1-3-5-7-9-11-13-15-17-19-20-21-22-24-27-30-34-37-41-45-49-53-57-61-67(72)66(65-71)70-68(73)62-58-54-50-46-42-38-35-31-28-25-23-26-29-32-36-40-44-48-52-56-60-64-75-69(74)63-59-55-51-47-43-39-33-18-16-14-12-10-8-6-4-2/h40,44,52,56-57,61,66-67,71-72H,3-39,41-43,45-51,53-55,58-60,62-65H2,1-2H3,(H,70,73)/b44-40-,56-52-,61-57+. The Kier molecular flexibility index (Phi) is 63.0. The van der Waals surface area contributed by atoms with Gasteiger partial charge in [-0.15, -0.1) is 0 Å². The molecule has 0 aromatic rings. The van der Waals surface area contributed by atoms with Gasteiger partial charge in [0.25, 0.3) is 0 Å². The molecule has 0 aromatic carbocycles. The molecular weight excluding hydrogens is 923 g/mol. The molecule has 2 unspecified atom stereocenters. The third kappa shape index (κ3) is 61.2. The van der Waals surface area contributed by atoms with Crippen molar-refractivity contribution in [2.24, 2.45) is 0 Å². The summed E-state index contributed by atoms with van der Waals surface area (Å²) in [6.45, 7) is 4.83. The molecule has 6 heteroatoms. The zero-order chi connectivity index (χ0) is 54.3. The minimum atomic E-state index is -0.849. The lowest BCUT2D eigenvalue weighted by atomic mass is 10.0. The highest BCUT2D eigenvalue weighted by atomic mass is 16.5. The van der Waals surface area contributed by atoms with E-state index in [0.717, 1.165) is 51.4 Å². The summed E-state index contributed by atoms with van der Waals surface area (Å²) in [7, 11) is 0. The molecule has 0 fully saturated rings. The van der Waals surface area contributed by atoms with Crippen molar-refractivity contribution >= 4 is 11.9 Å². The highest BCUT2D eigenvalue weighted by Gasteiger charge is 2.18. The Bertz CT molecular complexity index is 1210. The van der Waals surface area contributed by atoms with Crippen molar-refractivity contribution in [3.05, 3.63) is 36.5 Å². The number of esters is 1. The molecule has 0 heterocycles. The zero-order valence-corrected chi connectivity index (χ0v) is 50.5. The van der Waals surface area contributed by atoms with E-state index in [-0.39, 0.29) is 18.5 Å². The molecular formula is C69H131NO5. The van der Waals surface area contributed by atoms with Crippen LogP contribution in [0.5, 0.6) is 0 Å². The van der Waals surface area contributed by atoms with Gasteiger partial charge in [0.2, 0.25) is 5.91 Å². The Hall–Kier alpha value is -1.92. The van der Waals surface area contributed by atoms with Crippen LogP contribution < -0.4 is 5.32 Å². The molecule has 0 aromatic heterocycles. The van der Waals surface area contributed by atoms with E-state index in [0.29, 0.717) is 19.4 Å². The number of aliphatic hydroxyl groups is 2. The average Bonchev–Trinajstić information content (AvgIpc) is 3.41. The van der Waals surface area contributed by atoms with Crippen LogP contribution in [0, 0.1) is 0 Å². The number of hydrogen-bond donors (Lipinski definition) is 3. The van der Waals surface area contributed by atoms with Crippen LogP contribution in [0.4, 0.5) is 0 Å². The molecule has 0 saturated heterocycles. The molecule has 442 valence electrons. The lowest BCUT2D eigenvalue weighted by Crippen LogP contribution is -2.45. The molecule has 0 spiro atoms. The summed E-state index contributed by atoms with van der Waals surface area (Å²) in [5, 5.41) is 23.2. The second kappa shape index (κ2) is 64.6. The summed E-state index contributed by atoms with van der Waals surface area (Å²) in [6.07, 6.45) is 82.2. The van der Waals surface area contributed by atoms with Gasteiger partial charge in [-0.3, -0.25) is 9.59 Å². The number of nitrogens with one attached hydrogen (secondary N) is 1. The molecule has 3 N–H and O–H groups in total. The van der Waals surface area contributed by atoms with Gasteiger partial charge in [-0.25, -0.2) is 0 Å². The van der Waals surface area contributed by atoms with Gasteiger partial charge in [-0.2, -0.15) is 0 Å².